The maximum absolute atomic E-state index is 12.1. The van der Waals surface area contributed by atoms with Gasteiger partial charge >= 0.3 is 5.97 Å². The van der Waals surface area contributed by atoms with E-state index in [1.807, 2.05) is 0 Å². The molecule has 1 heterocycles. The molecule has 0 amide bonds. The summed E-state index contributed by atoms with van der Waals surface area (Å²) in [4.78, 5) is 10.5. The Kier molecular flexibility index (Phi) is 4.77. The summed E-state index contributed by atoms with van der Waals surface area (Å²) in [6.45, 7) is 0. The number of aliphatic carboxylic acids is 1. The number of thioether (sulfide) groups is 1. The van der Waals surface area contributed by atoms with E-state index in [4.69, 9.17) is 5.11 Å². The Morgan fingerprint density at radius 1 is 1.40 bits per heavy atom. The van der Waals surface area contributed by atoms with Crippen molar-refractivity contribution in [3.8, 4) is 0 Å². The number of nitrogens with one attached hydrogen (secondary N) is 1. The van der Waals surface area contributed by atoms with Crippen molar-refractivity contribution in [3.63, 3.8) is 0 Å². The fourth-order valence-corrected chi connectivity index (χ4v) is 5.27. The molecule has 20 heavy (non-hydrogen) atoms. The molecule has 10 heteroatoms. The highest BCUT2D eigenvalue weighted by Gasteiger charge is 2.27. The molecule has 0 spiro atoms. The van der Waals surface area contributed by atoms with Crippen LogP contribution in [0.4, 0.5) is 5.69 Å². The summed E-state index contributed by atoms with van der Waals surface area (Å²) >= 11 is 7.56. The minimum absolute atomic E-state index is 0.0697. The van der Waals surface area contributed by atoms with Gasteiger partial charge in [0.15, 0.2) is 5.17 Å². The monoisotopic (exact) mass is 442 g/mol. The van der Waals surface area contributed by atoms with Gasteiger partial charge in [-0.1, -0.05) is 27.7 Å². The Labute approximate surface area is 136 Å². The number of benzene rings is 1. The number of nitrogens with zero attached hydrogens (tertiary/aromatic N) is 1. The lowest BCUT2D eigenvalue weighted by Crippen LogP contribution is -2.20. The van der Waals surface area contributed by atoms with E-state index in [1.165, 1.54) is 6.07 Å². The first kappa shape index (κ1) is 15.8. The second-order valence-corrected chi connectivity index (χ2v) is 8.18. The number of carboxylic acids is 1. The van der Waals surface area contributed by atoms with E-state index < -0.39 is 16.0 Å². The van der Waals surface area contributed by atoms with Crippen LogP contribution in [0.5, 0.6) is 0 Å². The van der Waals surface area contributed by atoms with E-state index in [9.17, 15) is 13.2 Å². The summed E-state index contributed by atoms with van der Waals surface area (Å²) in [5.41, 5.74) is 0.404. The average Bonchev–Trinajstić information content (AvgIpc) is 2.29. The van der Waals surface area contributed by atoms with Crippen molar-refractivity contribution in [1.29, 1.82) is 0 Å². The first-order valence-corrected chi connectivity index (χ1v) is 9.26. The van der Waals surface area contributed by atoms with Crippen molar-refractivity contribution < 1.29 is 18.3 Å². The minimum Gasteiger partial charge on any atom is -0.481 e. The minimum atomic E-state index is -3.79. The number of halogens is 2. The standard InChI is InChI=1S/C10H8Br2N2O4S2/c11-5-3-6(12)9-7(4-5)20(17,18)14-10(13-9)19-2-1-8(15)16/h3-4H,1-2H2,(H,13,14)(H,15,16). The van der Waals surface area contributed by atoms with Gasteiger partial charge in [-0.3, -0.25) is 4.79 Å². The molecule has 2 N–H and O–H groups in total. The third-order valence-corrected chi connectivity index (χ3v) is 5.66. The van der Waals surface area contributed by atoms with Crippen molar-refractivity contribution in [3.05, 3.63) is 21.1 Å². The first-order valence-electron chi connectivity index (χ1n) is 5.25. The summed E-state index contributed by atoms with van der Waals surface area (Å²) in [7, 11) is -3.79. The van der Waals surface area contributed by atoms with Crippen LogP contribution >= 0.6 is 43.6 Å². The predicted molar refractivity (Wildman–Crippen MR) is 84.8 cm³/mol. The molecule has 0 unspecified atom stereocenters. The third kappa shape index (κ3) is 3.54. The van der Waals surface area contributed by atoms with E-state index in [2.05, 4.69) is 41.6 Å². The number of anilines is 1. The van der Waals surface area contributed by atoms with Crippen molar-refractivity contribution in [1.82, 2.24) is 0 Å². The van der Waals surface area contributed by atoms with E-state index in [0.717, 1.165) is 11.8 Å². The molecular formula is C10H8Br2N2O4S2. The van der Waals surface area contributed by atoms with Gasteiger partial charge in [-0.05, 0) is 28.1 Å². The van der Waals surface area contributed by atoms with Gasteiger partial charge in [0.05, 0.1) is 12.1 Å². The number of hydrogen-bond donors (Lipinski definition) is 2. The molecule has 1 aliphatic heterocycles. The molecule has 6 nitrogen and oxygen atoms in total. The van der Waals surface area contributed by atoms with Gasteiger partial charge in [0.1, 0.15) is 4.90 Å². The number of fused-ring (bicyclic) bond motifs is 1. The predicted octanol–water partition coefficient (Wildman–Crippen LogP) is 2.89. The SMILES string of the molecule is O=C(O)CCSC1=NS(=O)(=O)c2cc(Br)cc(Br)c2N1. The average molecular weight is 444 g/mol. The van der Waals surface area contributed by atoms with Gasteiger partial charge in [0.25, 0.3) is 10.0 Å². The molecule has 1 aliphatic rings. The van der Waals surface area contributed by atoms with Gasteiger partial charge in [0.2, 0.25) is 0 Å². The zero-order valence-corrected chi connectivity index (χ0v) is 14.6. The molecule has 0 saturated heterocycles. The molecule has 0 fully saturated rings. The maximum Gasteiger partial charge on any atom is 0.304 e. The van der Waals surface area contributed by atoms with E-state index in [1.54, 1.807) is 6.07 Å². The number of carboxylic acid groups (broad SMARTS) is 1. The smallest absolute Gasteiger partial charge is 0.304 e. The number of rotatable bonds is 3. The third-order valence-electron chi connectivity index (χ3n) is 2.29. The number of hydrogen-bond acceptors (Lipinski definition) is 5. The summed E-state index contributed by atoms with van der Waals surface area (Å²) in [6.07, 6.45) is -0.0697. The number of carbonyl (C=O) groups is 1. The van der Waals surface area contributed by atoms with Crippen molar-refractivity contribution >= 4 is 70.5 Å². The highest BCUT2D eigenvalue weighted by molar-refractivity contribution is 9.11. The Morgan fingerprint density at radius 3 is 2.75 bits per heavy atom. The van der Waals surface area contributed by atoms with E-state index in [0.29, 0.717) is 14.6 Å². The fourth-order valence-electron chi connectivity index (χ4n) is 1.46. The molecule has 0 saturated carbocycles. The molecule has 108 valence electrons. The largest absolute Gasteiger partial charge is 0.481 e. The molecule has 1 aromatic carbocycles. The number of sulfonamides is 1. The molecule has 0 atom stereocenters. The van der Waals surface area contributed by atoms with Gasteiger partial charge in [-0.25, -0.2) is 0 Å². The van der Waals surface area contributed by atoms with Gasteiger partial charge in [-0.2, -0.15) is 8.42 Å². The maximum atomic E-state index is 12.1. The molecule has 0 aromatic heterocycles. The summed E-state index contributed by atoms with van der Waals surface area (Å²) < 4.78 is 29.0. The molecular weight excluding hydrogens is 436 g/mol. The fraction of sp³-hybridized carbons (Fsp3) is 0.200. The van der Waals surface area contributed by atoms with Crippen LogP contribution in [0.3, 0.4) is 0 Å². The Morgan fingerprint density at radius 2 is 2.10 bits per heavy atom. The van der Waals surface area contributed by atoms with Crippen LogP contribution in [0.1, 0.15) is 6.42 Å². The first-order chi connectivity index (χ1) is 9.29. The summed E-state index contributed by atoms with van der Waals surface area (Å²) in [5, 5.41) is 11.6. The number of amidine groups is 1. The van der Waals surface area contributed by atoms with E-state index in [-0.39, 0.29) is 22.2 Å². The Balaban J connectivity index is 2.31. The molecule has 1 aromatic rings. The molecule has 0 radical (unpaired) electrons. The van der Waals surface area contributed by atoms with Crippen molar-refractivity contribution in [2.75, 3.05) is 11.1 Å². The van der Waals surface area contributed by atoms with Gasteiger partial charge < -0.3 is 10.4 Å². The van der Waals surface area contributed by atoms with Crippen molar-refractivity contribution in [2.45, 2.75) is 11.3 Å². The molecule has 0 aliphatic carbocycles. The topological polar surface area (TPSA) is 95.8 Å². The second kappa shape index (κ2) is 6.04. The molecule has 0 bridgehead atoms. The van der Waals surface area contributed by atoms with Crippen LogP contribution in [0.2, 0.25) is 0 Å². The lowest BCUT2D eigenvalue weighted by atomic mass is 10.3. The highest BCUT2D eigenvalue weighted by atomic mass is 79.9. The summed E-state index contributed by atoms with van der Waals surface area (Å²) in [6, 6.07) is 3.18. The highest BCUT2D eigenvalue weighted by Crippen LogP contribution is 2.37. The van der Waals surface area contributed by atoms with Crippen LogP contribution in [-0.4, -0.2) is 30.4 Å². The van der Waals surface area contributed by atoms with Crippen LogP contribution in [0, 0.1) is 0 Å². The lowest BCUT2D eigenvalue weighted by Gasteiger charge is -2.19. The Hall–Kier alpha value is -0.580. The van der Waals surface area contributed by atoms with Crippen LogP contribution in [0.15, 0.2) is 30.4 Å². The molecule has 2 rings (SSSR count). The van der Waals surface area contributed by atoms with Gasteiger partial charge in [0, 0.05) is 14.7 Å². The van der Waals surface area contributed by atoms with Crippen LogP contribution < -0.4 is 5.32 Å². The summed E-state index contributed by atoms with van der Waals surface area (Å²) in [5.74, 6) is -0.706. The lowest BCUT2D eigenvalue weighted by molar-refractivity contribution is -0.136. The normalized spacial score (nSPS) is 16.0. The van der Waals surface area contributed by atoms with E-state index >= 15 is 0 Å². The van der Waals surface area contributed by atoms with Crippen LogP contribution in [0.25, 0.3) is 0 Å². The zero-order valence-electron chi connectivity index (χ0n) is 9.76. The zero-order chi connectivity index (χ0) is 14.9. The van der Waals surface area contributed by atoms with Crippen molar-refractivity contribution in [2.24, 2.45) is 4.40 Å². The quantitative estimate of drug-likeness (QED) is 0.745. The van der Waals surface area contributed by atoms with Gasteiger partial charge in [-0.15, -0.1) is 4.40 Å². The second-order valence-electron chi connectivity index (χ2n) is 3.75. The Bertz CT molecular complexity index is 703. The van der Waals surface area contributed by atoms with Crippen LogP contribution in [-0.2, 0) is 14.8 Å².